The molecule has 0 radical (unpaired) electrons. The van der Waals surface area contributed by atoms with Gasteiger partial charge < -0.3 is 10.5 Å². The normalized spacial score (nSPS) is 19.5. The largest absolute Gasteiger partial charge is 0.380 e. The molecule has 0 bridgehead atoms. The monoisotopic (exact) mass is 179 g/mol. The van der Waals surface area contributed by atoms with Crippen LogP contribution in [0.5, 0.6) is 0 Å². The Labute approximate surface area is 77.1 Å². The maximum absolute atomic E-state index is 5.64. The Morgan fingerprint density at radius 3 is 2.46 bits per heavy atom. The Morgan fingerprint density at radius 2 is 2.08 bits per heavy atom. The van der Waals surface area contributed by atoms with E-state index in [4.69, 9.17) is 10.5 Å². The first-order chi connectivity index (χ1) is 6.27. The highest BCUT2D eigenvalue weighted by Gasteiger charge is 2.21. The van der Waals surface area contributed by atoms with Gasteiger partial charge in [-0.25, -0.2) is 9.97 Å². The van der Waals surface area contributed by atoms with Crippen molar-refractivity contribution in [1.82, 2.24) is 9.97 Å². The van der Waals surface area contributed by atoms with Gasteiger partial charge in [0.15, 0.2) is 0 Å². The Hall–Kier alpha value is -1.00. The van der Waals surface area contributed by atoms with E-state index in [0.29, 0.717) is 11.7 Å². The van der Waals surface area contributed by atoms with Gasteiger partial charge in [0.05, 0.1) is 19.3 Å². The van der Waals surface area contributed by atoms with Crippen LogP contribution in [0.3, 0.4) is 0 Å². The molecule has 2 N–H and O–H groups in total. The average molecular weight is 179 g/mol. The number of aromatic nitrogens is 2. The zero-order valence-corrected chi connectivity index (χ0v) is 7.60. The summed E-state index contributed by atoms with van der Waals surface area (Å²) < 4.78 is 5.09. The van der Waals surface area contributed by atoms with E-state index in [1.165, 1.54) is 0 Å². The lowest BCUT2D eigenvalue weighted by molar-refractivity contribution is 0.00812. The molecule has 0 saturated carbocycles. The van der Waals surface area contributed by atoms with E-state index in [1.807, 2.05) is 19.3 Å². The Morgan fingerprint density at radius 1 is 1.46 bits per heavy atom. The van der Waals surface area contributed by atoms with E-state index in [1.54, 1.807) is 0 Å². The van der Waals surface area contributed by atoms with Crippen LogP contribution < -0.4 is 5.73 Å². The molecule has 4 heteroatoms. The third-order valence-corrected chi connectivity index (χ3v) is 2.21. The fraction of sp³-hybridized carbons (Fsp3) is 0.556. The van der Waals surface area contributed by atoms with Gasteiger partial charge in [-0.05, 0) is 12.5 Å². The van der Waals surface area contributed by atoms with Crippen LogP contribution in [0.1, 0.15) is 30.3 Å². The van der Waals surface area contributed by atoms with Crippen LogP contribution in [0.4, 0.5) is 0 Å². The molecule has 0 aromatic carbocycles. The molecule has 0 spiro atoms. The number of hydrogen-bond acceptors (Lipinski definition) is 4. The lowest BCUT2D eigenvalue weighted by atomic mass is 10.0. The molecular weight excluding hydrogens is 166 g/mol. The first kappa shape index (κ1) is 8.59. The van der Waals surface area contributed by atoms with Crippen molar-refractivity contribution in [3.8, 4) is 0 Å². The van der Waals surface area contributed by atoms with Gasteiger partial charge in [-0.15, -0.1) is 0 Å². The highest BCUT2D eigenvalue weighted by atomic mass is 16.5. The van der Waals surface area contributed by atoms with Gasteiger partial charge in [-0.1, -0.05) is 0 Å². The Kier molecular flexibility index (Phi) is 2.24. The molecule has 0 aliphatic carbocycles. The average Bonchev–Trinajstić information content (AvgIpc) is 2.02. The van der Waals surface area contributed by atoms with Crippen molar-refractivity contribution < 1.29 is 4.74 Å². The van der Waals surface area contributed by atoms with Gasteiger partial charge in [-0.3, -0.25) is 0 Å². The maximum Gasteiger partial charge on any atom is 0.144 e. The number of nitrogens with zero attached hydrogens (tertiary/aromatic N) is 2. The summed E-state index contributed by atoms with van der Waals surface area (Å²) in [6.07, 6.45) is 3.69. The molecule has 1 saturated heterocycles. The molecule has 2 heterocycles. The fourth-order valence-electron chi connectivity index (χ4n) is 1.22. The minimum absolute atomic E-state index is 0.0910. The zero-order valence-electron chi connectivity index (χ0n) is 7.60. The van der Waals surface area contributed by atoms with Crippen molar-refractivity contribution in [2.45, 2.75) is 18.9 Å². The van der Waals surface area contributed by atoms with Crippen LogP contribution in [0.2, 0.25) is 0 Å². The van der Waals surface area contributed by atoms with E-state index in [9.17, 15) is 0 Å². The number of ether oxygens (including phenoxy) is 1. The molecule has 0 amide bonds. The van der Waals surface area contributed by atoms with Crippen LogP contribution in [-0.4, -0.2) is 23.2 Å². The summed E-state index contributed by atoms with van der Waals surface area (Å²) in [5.41, 5.74) is 6.79. The summed E-state index contributed by atoms with van der Waals surface area (Å²) in [6, 6.07) is -0.0910. The summed E-state index contributed by atoms with van der Waals surface area (Å²) in [5.74, 6) is 1.19. The zero-order chi connectivity index (χ0) is 9.26. The molecule has 4 nitrogen and oxygen atoms in total. The van der Waals surface area contributed by atoms with E-state index in [0.717, 1.165) is 18.8 Å². The van der Waals surface area contributed by atoms with Crippen molar-refractivity contribution in [2.75, 3.05) is 13.2 Å². The highest BCUT2D eigenvalue weighted by Crippen LogP contribution is 2.22. The van der Waals surface area contributed by atoms with E-state index >= 15 is 0 Å². The van der Waals surface area contributed by atoms with Crippen molar-refractivity contribution in [3.05, 3.63) is 23.8 Å². The molecule has 13 heavy (non-hydrogen) atoms. The molecule has 1 aromatic heterocycles. The third kappa shape index (κ3) is 1.68. The second kappa shape index (κ2) is 3.40. The van der Waals surface area contributed by atoms with Crippen LogP contribution in [0.15, 0.2) is 12.4 Å². The minimum atomic E-state index is -0.0910. The molecule has 1 atom stereocenters. The summed E-state index contributed by atoms with van der Waals surface area (Å²) >= 11 is 0. The standard InChI is InChI=1S/C9H13N3O/c1-6(10)9-11-2-7(3-12-9)8-4-13-5-8/h2-3,6,8H,4-5,10H2,1H3. The predicted molar refractivity (Wildman–Crippen MR) is 48.2 cm³/mol. The first-order valence-corrected chi connectivity index (χ1v) is 4.42. The van der Waals surface area contributed by atoms with Gasteiger partial charge in [0.2, 0.25) is 0 Å². The highest BCUT2D eigenvalue weighted by molar-refractivity contribution is 5.14. The van der Waals surface area contributed by atoms with Gasteiger partial charge in [0.25, 0.3) is 0 Å². The smallest absolute Gasteiger partial charge is 0.144 e. The van der Waals surface area contributed by atoms with Crippen molar-refractivity contribution in [1.29, 1.82) is 0 Å². The fourth-order valence-corrected chi connectivity index (χ4v) is 1.22. The Balaban J connectivity index is 2.13. The lowest BCUT2D eigenvalue weighted by Gasteiger charge is -2.25. The second-order valence-electron chi connectivity index (χ2n) is 3.40. The molecule has 1 aliphatic rings. The number of hydrogen-bond donors (Lipinski definition) is 1. The van der Waals surface area contributed by atoms with Gasteiger partial charge in [-0.2, -0.15) is 0 Å². The van der Waals surface area contributed by atoms with Crippen LogP contribution in [0.25, 0.3) is 0 Å². The van der Waals surface area contributed by atoms with Gasteiger partial charge in [0, 0.05) is 18.3 Å². The Bertz CT molecular complexity index is 279. The van der Waals surface area contributed by atoms with E-state index < -0.39 is 0 Å². The van der Waals surface area contributed by atoms with Crippen LogP contribution >= 0.6 is 0 Å². The van der Waals surface area contributed by atoms with Crippen molar-refractivity contribution in [3.63, 3.8) is 0 Å². The SMILES string of the molecule is CC(N)c1ncc(C2COC2)cn1. The topological polar surface area (TPSA) is 61.0 Å². The minimum Gasteiger partial charge on any atom is -0.380 e. The van der Waals surface area contributed by atoms with Crippen LogP contribution in [-0.2, 0) is 4.74 Å². The van der Waals surface area contributed by atoms with Crippen molar-refractivity contribution >= 4 is 0 Å². The molecule has 1 aromatic rings. The van der Waals surface area contributed by atoms with E-state index in [2.05, 4.69) is 9.97 Å². The summed E-state index contributed by atoms with van der Waals surface area (Å²) in [6.45, 7) is 3.46. The lowest BCUT2D eigenvalue weighted by Crippen LogP contribution is -2.25. The quantitative estimate of drug-likeness (QED) is 0.722. The van der Waals surface area contributed by atoms with Crippen molar-refractivity contribution in [2.24, 2.45) is 5.73 Å². The number of nitrogens with two attached hydrogens (primary N) is 1. The van der Waals surface area contributed by atoms with Gasteiger partial charge >= 0.3 is 0 Å². The summed E-state index contributed by atoms with van der Waals surface area (Å²) in [7, 11) is 0. The molecule has 2 rings (SSSR count). The predicted octanol–water partition coefficient (Wildman–Crippen LogP) is 0.610. The third-order valence-electron chi connectivity index (χ3n) is 2.21. The summed E-state index contributed by atoms with van der Waals surface area (Å²) in [4.78, 5) is 8.38. The van der Waals surface area contributed by atoms with E-state index in [-0.39, 0.29) is 6.04 Å². The van der Waals surface area contributed by atoms with Crippen LogP contribution in [0, 0.1) is 0 Å². The molecule has 1 aliphatic heterocycles. The van der Waals surface area contributed by atoms with Gasteiger partial charge in [0.1, 0.15) is 5.82 Å². The summed E-state index contributed by atoms with van der Waals surface area (Å²) in [5, 5.41) is 0. The maximum atomic E-state index is 5.64. The molecule has 1 fully saturated rings. The second-order valence-corrected chi connectivity index (χ2v) is 3.40. The molecule has 70 valence electrons. The molecular formula is C9H13N3O. The number of rotatable bonds is 2. The molecule has 1 unspecified atom stereocenters. The first-order valence-electron chi connectivity index (χ1n) is 4.42.